The van der Waals surface area contributed by atoms with Crippen molar-refractivity contribution < 1.29 is 31.8 Å². The van der Waals surface area contributed by atoms with Gasteiger partial charge in [0.1, 0.15) is 29.7 Å². The van der Waals surface area contributed by atoms with Crippen molar-refractivity contribution in [1.29, 1.82) is 0 Å². The Morgan fingerprint density at radius 3 is 2.60 bits per heavy atom. The molecule has 182 valence electrons. The van der Waals surface area contributed by atoms with Crippen LogP contribution in [-0.4, -0.2) is 34.2 Å². The molecule has 0 unspecified atom stereocenters. The maximum atomic E-state index is 14.2. The van der Waals surface area contributed by atoms with Crippen molar-refractivity contribution in [2.75, 3.05) is 24.4 Å². The molecule has 4 aromatic rings. The van der Waals surface area contributed by atoms with E-state index in [2.05, 4.69) is 20.6 Å². The zero-order chi connectivity index (χ0) is 25.2. The number of nitrogens with zero attached hydrogens (tertiary/aromatic N) is 3. The van der Waals surface area contributed by atoms with Crippen LogP contribution in [0.4, 0.5) is 35.0 Å². The molecule has 35 heavy (non-hydrogen) atoms. The second kappa shape index (κ2) is 9.58. The molecule has 4 rings (SSSR count). The average molecular weight is 489 g/mol. The predicted molar refractivity (Wildman–Crippen MR) is 120 cm³/mol. The third kappa shape index (κ3) is 5.49. The van der Waals surface area contributed by atoms with Crippen molar-refractivity contribution in [3.05, 3.63) is 66.1 Å². The molecule has 2 aromatic carbocycles. The number of halogens is 4. The lowest BCUT2D eigenvalue weighted by Gasteiger charge is -2.11. The first-order valence-electron chi connectivity index (χ1n) is 10.2. The highest BCUT2D eigenvalue weighted by molar-refractivity contribution is 5.90. The van der Waals surface area contributed by atoms with Crippen LogP contribution in [0.25, 0.3) is 11.0 Å². The van der Waals surface area contributed by atoms with Gasteiger partial charge in [-0.05, 0) is 36.4 Å². The van der Waals surface area contributed by atoms with Crippen LogP contribution in [0, 0.1) is 5.82 Å². The highest BCUT2D eigenvalue weighted by Gasteiger charge is 2.31. The van der Waals surface area contributed by atoms with E-state index in [-0.39, 0.29) is 30.0 Å². The molecule has 0 fully saturated rings. The van der Waals surface area contributed by atoms with E-state index in [1.807, 2.05) is 0 Å². The Kier molecular flexibility index (Phi) is 6.56. The average Bonchev–Trinajstić information content (AvgIpc) is 3.09. The fraction of sp³-hybridized carbons (Fsp3) is 0.174. The first-order chi connectivity index (χ1) is 16.6. The van der Waals surface area contributed by atoms with Gasteiger partial charge in [0.25, 0.3) is 5.91 Å². The van der Waals surface area contributed by atoms with E-state index in [0.717, 1.165) is 6.07 Å². The number of carbonyl (C=O) groups excluding carboxylic acids is 1. The number of carbonyl (C=O) groups is 1. The molecule has 0 saturated heterocycles. The van der Waals surface area contributed by atoms with E-state index in [9.17, 15) is 22.4 Å². The number of aromatic nitrogens is 3. The predicted octanol–water partition coefficient (Wildman–Crippen LogP) is 5.25. The minimum atomic E-state index is -4.61. The van der Waals surface area contributed by atoms with Crippen LogP contribution < -0.4 is 15.4 Å². The topological polar surface area (TPSA) is 90.3 Å². The second-order valence-electron chi connectivity index (χ2n) is 7.42. The van der Waals surface area contributed by atoms with Crippen molar-refractivity contribution in [1.82, 2.24) is 14.5 Å². The van der Waals surface area contributed by atoms with Crippen LogP contribution in [0.15, 0.2) is 54.7 Å². The first kappa shape index (κ1) is 24.0. The summed E-state index contributed by atoms with van der Waals surface area (Å²) in [6.45, 7) is -0.121. The van der Waals surface area contributed by atoms with Crippen LogP contribution in [0.2, 0.25) is 0 Å². The molecule has 0 radical (unpaired) electrons. The van der Waals surface area contributed by atoms with E-state index in [1.54, 1.807) is 35.9 Å². The molecule has 0 saturated carbocycles. The van der Waals surface area contributed by atoms with Crippen LogP contribution in [0.3, 0.4) is 0 Å². The normalized spacial score (nSPS) is 11.5. The number of rotatable bonds is 7. The number of pyridine rings is 1. The summed E-state index contributed by atoms with van der Waals surface area (Å²) in [6, 6.07) is 10.2. The Hall–Kier alpha value is -4.19. The van der Waals surface area contributed by atoms with Gasteiger partial charge >= 0.3 is 6.18 Å². The summed E-state index contributed by atoms with van der Waals surface area (Å²) in [5.41, 5.74) is -0.238. The van der Waals surface area contributed by atoms with Gasteiger partial charge in [-0.1, -0.05) is 0 Å². The van der Waals surface area contributed by atoms with Gasteiger partial charge in [-0.3, -0.25) is 4.79 Å². The van der Waals surface area contributed by atoms with Gasteiger partial charge in [-0.25, -0.2) is 14.4 Å². The van der Waals surface area contributed by atoms with E-state index in [4.69, 9.17) is 9.47 Å². The smallest absolute Gasteiger partial charge is 0.416 e. The van der Waals surface area contributed by atoms with Gasteiger partial charge < -0.3 is 24.7 Å². The molecule has 8 nitrogen and oxygen atoms in total. The number of hydrogen-bond donors (Lipinski definition) is 2. The molecule has 1 amide bonds. The van der Waals surface area contributed by atoms with Gasteiger partial charge in [0.15, 0.2) is 0 Å². The standard InChI is InChI=1S/C23H19F4N5O3/c1-32-19-6-4-14(35-15-7-8-28-20(11-15)31-21(33)12-34-2)10-18(19)30-22(32)29-17-9-13(23(25,26)27)3-5-16(17)24/h3-11H,12H2,1-2H3,(H,29,30)(H,28,31,33). The first-order valence-corrected chi connectivity index (χ1v) is 10.2. The van der Waals surface area contributed by atoms with Gasteiger partial charge in [-0.15, -0.1) is 0 Å². The second-order valence-corrected chi connectivity index (χ2v) is 7.42. The molecule has 12 heteroatoms. The Labute approximate surface area is 196 Å². The molecule has 0 aliphatic rings. The summed E-state index contributed by atoms with van der Waals surface area (Å²) >= 11 is 0. The lowest BCUT2D eigenvalue weighted by molar-refractivity contribution is -0.137. The molecule has 0 bridgehead atoms. The van der Waals surface area contributed by atoms with E-state index in [1.165, 1.54) is 19.4 Å². The molecule has 2 heterocycles. The van der Waals surface area contributed by atoms with Crippen molar-refractivity contribution in [3.63, 3.8) is 0 Å². The summed E-state index contributed by atoms with van der Waals surface area (Å²) in [5.74, 6) is 0.00472. The monoisotopic (exact) mass is 489 g/mol. The molecular weight excluding hydrogens is 470 g/mol. The maximum Gasteiger partial charge on any atom is 0.416 e. The summed E-state index contributed by atoms with van der Waals surface area (Å²) in [6.07, 6.45) is -3.15. The van der Waals surface area contributed by atoms with Crippen LogP contribution in [-0.2, 0) is 22.8 Å². The number of anilines is 3. The van der Waals surface area contributed by atoms with Gasteiger partial charge in [0.2, 0.25) is 5.95 Å². The third-order valence-electron chi connectivity index (χ3n) is 4.90. The number of imidazole rings is 1. The summed E-state index contributed by atoms with van der Waals surface area (Å²) in [5, 5.41) is 5.20. The van der Waals surface area contributed by atoms with Gasteiger partial charge in [-0.2, -0.15) is 13.2 Å². The molecule has 2 aromatic heterocycles. The summed E-state index contributed by atoms with van der Waals surface area (Å²) < 4.78 is 65.4. The lowest BCUT2D eigenvalue weighted by Crippen LogP contribution is -2.17. The molecule has 0 aliphatic carbocycles. The molecule has 2 N–H and O–H groups in total. The third-order valence-corrected chi connectivity index (χ3v) is 4.90. The number of benzene rings is 2. The number of alkyl halides is 3. The van der Waals surface area contributed by atoms with Crippen LogP contribution >= 0.6 is 0 Å². The highest BCUT2D eigenvalue weighted by Crippen LogP contribution is 2.33. The van der Waals surface area contributed by atoms with Crippen LogP contribution in [0.5, 0.6) is 11.5 Å². The molecule has 0 atom stereocenters. The fourth-order valence-electron chi connectivity index (χ4n) is 3.26. The number of methoxy groups -OCH3 is 1. The number of amides is 1. The van der Waals surface area contributed by atoms with Crippen molar-refractivity contribution in [2.24, 2.45) is 7.05 Å². The minimum Gasteiger partial charge on any atom is -0.457 e. The Balaban J connectivity index is 1.57. The quantitative estimate of drug-likeness (QED) is 0.345. The number of hydrogen-bond acceptors (Lipinski definition) is 6. The Bertz CT molecular complexity index is 1390. The number of nitrogens with one attached hydrogen (secondary N) is 2. The Morgan fingerprint density at radius 2 is 1.86 bits per heavy atom. The van der Waals surface area contributed by atoms with E-state index in [0.29, 0.717) is 34.7 Å². The summed E-state index contributed by atoms with van der Waals surface area (Å²) in [4.78, 5) is 20.1. The molecule has 0 spiro atoms. The fourth-order valence-corrected chi connectivity index (χ4v) is 3.26. The molecular formula is C23H19F4N5O3. The number of aryl methyl sites for hydroxylation is 1. The zero-order valence-corrected chi connectivity index (χ0v) is 18.5. The maximum absolute atomic E-state index is 14.2. The van der Waals surface area contributed by atoms with Crippen LogP contribution in [0.1, 0.15) is 5.56 Å². The lowest BCUT2D eigenvalue weighted by atomic mass is 10.2. The van der Waals surface area contributed by atoms with E-state index >= 15 is 0 Å². The van der Waals surface area contributed by atoms with Crippen molar-refractivity contribution >= 4 is 34.4 Å². The zero-order valence-electron chi connectivity index (χ0n) is 18.5. The van der Waals surface area contributed by atoms with E-state index < -0.39 is 17.6 Å². The largest absolute Gasteiger partial charge is 0.457 e. The molecule has 0 aliphatic heterocycles. The van der Waals surface area contributed by atoms with Crippen molar-refractivity contribution in [3.8, 4) is 11.5 Å². The van der Waals surface area contributed by atoms with Crippen molar-refractivity contribution in [2.45, 2.75) is 6.18 Å². The summed E-state index contributed by atoms with van der Waals surface area (Å²) in [7, 11) is 3.04. The number of fused-ring (bicyclic) bond motifs is 1. The minimum absolute atomic E-state index is 0.121. The van der Waals surface area contributed by atoms with Gasteiger partial charge in [0, 0.05) is 32.5 Å². The Morgan fingerprint density at radius 1 is 1.09 bits per heavy atom. The van der Waals surface area contributed by atoms with Gasteiger partial charge in [0.05, 0.1) is 22.3 Å². The number of ether oxygens (including phenoxy) is 2. The SMILES string of the molecule is COCC(=O)Nc1cc(Oc2ccc3c(c2)nc(Nc2cc(C(F)(F)F)ccc2F)n3C)ccn1. The highest BCUT2D eigenvalue weighted by atomic mass is 19.4.